The van der Waals surface area contributed by atoms with Crippen LogP contribution >= 0.6 is 0 Å². The van der Waals surface area contributed by atoms with Crippen molar-refractivity contribution < 1.29 is 8.78 Å². The number of aryl methyl sites for hydroxylation is 1. The molecule has 0 amide bonds. The van der Waals surface area contributed by atoms with Gasteiger partial charge in [-0.3, -0.25) is 4.39 Å². The first kappa shape index (κ1) is 31.1. The molecule has 2 aromatic carbocycles. The lowest BCUT2D eigenvalue weighted by Crippen LogP contribution is -2.54. The quantitative estimate of drug-likeness (QED) is 0.393. The molecular weight excluding hydrogens is 478 g/mol. The predicted octanol–water partition coefficient (Wildman–Crippen LogP) is 8.66. The normalized spacial score (nSPS) is 14.5. The minimum atomic E-state index is -0.273. The van der Waals surface area contributed by atoms with Crippen LogP contribution in [-0.2, 0) is 6.54 Å². The summed E-state index contributed by atoms with van der Waals surface area (Å²) in [5, 5.41) is 3.49. The number of halogens is 2. The van der Waals surface area contributed by atoms with Crippen molar-refractivity contribution in [1.82, 2.24) is 9.80 Å². The summed E-state index contributed by atoms with van der Waals surface area (Å²) in [6, 6.07) is 9.39. The molecule has 2 heterocycles. The number of hydrogen-bond acceptors (Lipinski definition) is 4. The van der Waals surface area contributed by atoms with Crippen LogP contribution in [0.5, 0.6) is 0 Å². The lowest BCUT2D eigenvalue weighted by atomic mass is 9.91. The fraction of sp³-hybridized carbons (Fsp3) is 0.469. The van der Waals surface area contributed by atoms with Crippen molar-refractivity contribution in [1.29, 1.82) is 0 Å². The first-order valence-electron chi connectivity index (χ1n) is 13.6. The van der Waals surface area contributed by atoms with Crippen molar-refractivity contribution in [2.45, 2.75) is 60.9 Å². The Morgan fingerprint density at radius 3 is 2.42 bits per heavy atom. The molecule has 4 nitrogen and oxygen atoms in total. The van der Waals surface area contributed by atoms with Gasteiger partial charge in [0.2, 0.25) is 5.96 Å². The van der Waals surface area contributed by atoms with Crippen LogP contribution in [0.15, 0.2) is 48.5 Å². The average molecular weight is 525 g/mol. The van der Waals surface area contributed by atoms with Crippen LogP contribution in [0.2, 0.25) is 0 Å². The fourth-order valence-corrected chi connectivity index (χ4v) is 4.74. The monoisotopic (exact) mass is 524 g/mol. The van der Waals surface area contributed by atoms with Crippen molar-refractivity contribution in [3.63, 3.8) is 0 Å². The topological polar surface area (TPSA) is 30.9 Å². The van der Waals surface area contributed by atoms with Crippen LogP contribution in [0.25, 0.3) is 11.3 Å². The van der Waals surface area contributed by atoms with Crippen LogP contribution in [0.4, 0.5) is 20.2 Å². The summed E-state index contributed by atoms with van der Waals surface area (Å²) in [7, 11) is 2.47. The third-order valence-electron chi connectivity index (χ3n) is 6.88. The van der Waals surface area contributed by atoms with Gasteiger partial charge in [0, 0.05) is 54.8 Å². The molecular formula is C32H46F2N4. The zero-order valence-electron chi connectivity index (χ0n) is 24.6. The Hall–Kier alpha value is -3.15. The number of alkyl halides is 1. The molecule has 0 aromatic heterocycles. The standard InChI is InChI=1S/C29H37FN4.C2H6.CH3F/c1-18(2)8-10-22-16-34(17-22)29-32-28-23(13-24(30)14-26(28)21(6)33(29)7)15-31-27-11-9-20(5)12-25(27)19(3)4;2*1-2/h9,11-14,18,22,31H,3,6,8,10,15-17H2,1-2,4-5,7H3;1-2H3;1H3. The van der Waals surface area contributed by atoms with Gasteiger partial charge in [-0.1, -0.05) is 58.9 Å². The second kappa shape index (κ2) is 14.1. The fourth-order valence-electron chi connectivity index (χ4n) is 4.74. The minimum absolute atomic E-state index is 0.273. The van der Waals surface area contributed by atoms with Gasteiger partial charge in [0.05, 0.1) is 12.9 Å². The van der Waals surface area contributed by atoms with Crippen molar-refractivity contribution in [3.8, 4) is 0 Å². The third-order valence-corrected chi connectivity index (χ3v) is 6.88. The number of nitrogens with one attached hydrogen (secondary N) is 1. The minimum Gasteiger partial charge on any atom is -0.380 e. The molecule has 38 heavy (non-hydrogen) atoms. The van der Waals surface area contributed by atoms with Gasteiger partial charge in [0.15, 0.2) is 0 Å². The Kier molecular flexibility index (Phi) is 11.6. The van der Waals surface area contributed by atoms with E-state index in [1.165, 1.54) is 18.4 Å². The van der Waals surface area contributed by atoms with Crippen LogP contribution in [0.3, 0.4) is 0 Å². The molecule has 0 bridgehead atoms. The zero-order chi connectivity index (χ0) is 28.6. The molecule has 208 valence electrons. The van der Waals surface area contributed by atoms with E-state index in [0.717, 1.165) is 64.3 Å². The molecule has 0 spiro atoms. The lowest BCUT2D eigenvalue weighted by Gasteiger charge is -2.45. The Labute approximate surface area is 229 Å². The maximum atomic E-state index is 14.6. The zero-order valence-corrected chi connectivity index (χ0v) is 24.6. The summed E-state index contributed by atoms with van der Waals surface area (Å²) < 4.78 is 24.1. The number of aliphatic imine (C=N–C) groups is 1. The summed E-state index contributed by atoms with van der Waals surface area (Å²) in [5.74, 6) is 2.08. The highest BCUT2D eigenvalue weighted by molar-refractivity contribution is 5.97. The summed E-state index contributed by atoms with van der Waals surface area (Å²) in [6.45, 7) is 23.5. The highest BCUT2D eigenvalue weighted by atomic mass is 19.1. The van der Waals surface area contributed by atoms with E-state index in [1.54, 1.807) is 12.1 Å². The van der Waals surface area contributed by atoms with E-state index in [0.29, 0.717) is 19.6 Å². The number of allylic oxidation sites excluding steroid dienone is 1. The van der Waals surface area contributed by atoms with Gasteiger partial charge in [0.1, 0.15) is 5.82 Å². The number of guanidine groups is 1. The maximum absolute atomic E-state index is 14.6. The number of benzene rings is 2. The molecule has 0 radical (unpaired) electrons. The molecule has 1 fully saturated rings. The molecule has 1 N–H and O–H groups in total. The smallest absolute Gasteiger partial charge is 0.206 e. The van der Waals surface area contributed by atoms with E-state index >= 15 is 0 Å². The summed E-state index contributed by atoms with van der Waals surface area (Å²) >= 11 is 0. The van der Waals surface area contributed by atoms with E-state index in [4.69, 9.17) is 4.99 Å². The Bertz CT molecular complexity index is 1150. The van der Waals surface area contributed by atoms with Gasteiger partial charge < -0.3 is 15.1 Å². The molecule has 0 saturated carbocycles. The van der Waals surface area contributed by atoms with E-state index in [2.05, 4.69) is 62.3 Å². The molecule has 2 aliphatic rings. The SMILES string of the molecule is C=C(C)c1cc(C)ccc1NCc1cc(F)cc2c1N=C(N1CC(CCC(C)C)C1)N(C)C2=C.CC.CF. The molecule has 1 saturated heterocycles. The number of anilines is 1. The van der Waals surface area contributed by atoms with E-state index in [1.807, 2.05) is 32.7 Å². The van der Waals surface area contributed by atoms with E-state index < -0.39 is 0 Å². The van der Waals surface area contributed by atoms with Crippen molar-refractivity contribution in [2.24, 2.45) is 16.8 Å². The number of rotatable bonds is 7. The molecule has 4 rings (SSSR count). The summed E-state index contributed by atoms with van der Waals surface area (Å²) in [5.41, 5.74) is 7.41. The van der Waals surface area contributed by atoms with Crippen molar-refractivity contribution in [3.05, 3.63) is 71.6 Å². The highest BCUT2D eigenvalue weighted by Crippen LogP contribution is 2.39. The second-order valence-electron chi connectivity index (χ2n) is 10.3. The Morgan fingerprint density at radius 2 is 1.82 bits per heavy atom. The van der Waals surface area contributed by atoms with Gasteiger partial charge in [-0.25, -0.2) is 9.38 Å². The lowest BCUT2D eigenvalue weighted by molar-refractivity contribution is 0.157. The first-order valence-corrected chi connectivity index (χ1v) is 13.6. The van der Waals surface area contributed by atoms with Crippen molar-refractivity contribution >= 4 is 28.6 Å². The Morgan fingerprint density at radius 1 is 1.16 bits per heavy atom. The molecule has 6 heteroatoms. The second-order valence-corrected chi connectivity index (χ2v) is 10.3. The van der Waals surface area contributed by atoms with Gasteiger partial charge >= 0.3 is 0 Å². The summed E-state index contributed by atoms with van der Waals surface area (Å²) in [4.78, 5) is 9.35. The molecule has 0 unspecified atom stereocenters. The van der Waals surface area contributed by atoms with Gasteiger partial charge in [-0.05, 0) is 61.9 Å². The number of likely N-dealkylation sites (tertiary alicyclic amines) is 1. The molecule has 0 aliphatic carbocycles. The van der Waals surface area contributed by atoms with Crippen LogP contribution in [-0.4, -0.2) is 43.1 Å². The average Bonchev–Trinajstić information content (AvgIpc) is 2.87. The molecule has 2 aliphatic heterocycles. The van der Waals surface area contributed by atoms with Gasteiger partial charge in [-0.15, -0.1) is 0 Å². The first-order chi connectivity index (χ1) is 18.1. The third kappa shape index (κ3) is 7.24. The van der Waals surface area contributed by atoms with Crippen LogP contribution < -0.4 is 5.32 Å². The van der Waals surface area contributed by atoms with Gasteiger partial charge in [-0.2, -0.15) is 0 Å². The largest absolute Gasteiger partial charge is 0.380 e. The van der Waals surface area contributed by atoms with Gasteiger partial charge in [0.25, 0.3) is 0 Å². The number of nitrogens with zero attached hydrogens (tertiary/aromatic N) is 3. The maximum Gasteiger partial charge on any atom is 0.206 e. The van der Waals surface area contributed by atoms with E-state index in [9.17, 15) is 8.78 Å². The Balaban J connectivity index is 0.00000121. The molecule has 2 aromatic rings. The predicted molar refractivity (Wildman–Crippen MR) is 161 cm³/mol. The van der Waals surface area contributed by atoms with Crippen LogP contribution in [0, 0.1) is 24.6 Å². The van der Waals surface area contributed by atoms with E-state index in [-0.39, 0.29) is 5.82 Å². The summed E-state index contributed by atoms with van der Waals surface area (Å²) in [6.07, 6.45) is 2.52. The number of hydrogen-bond donors (Lipinski definition) is 1. The number of fused-ring (bicyclic) bond motifs is 1. The highest BCUT2D eigenvalue weighted by Gasteiger charge is 2.34. The van der Waals surface area contributed by atoms with Crippen LogP contribution in [0.1, 0.15) is 69.7 Å². The molecule has 0 atom stereocenters. The van der Waals surface area contributed by atoms with Crippen molar-refractivity contribution in [2.75, 3.05) is 32.6 Å².